The zero-order valence-electron chi connectivity index (χ0n) is 16.0. The molecule has 0 radical (unpaired) electrons. The largest absolute Gasteiger partial charge is 0.505 e. The molecule has 30 heavy (non-hydrogen) atoms. The van der Waals surface area contributed by atoms with E-state index in [9.17, 15) is 10.2 Å². The summed E-state index contributed by atoms with van der Waals surface area (Å²) in [6.07, 6.45) is 3.86. The molecular formula is C23H18BrClN2O3. The van der Waals surface area contributed by atoms with Crippen LogP contribution < -0.4 is 4.74 Å². The van der Waals surface area contributed by atoms with Crippen molar-refractivity contribution in [2.24, 2.45) is 0 Å². The van der Waals surface area contributed by atoms with E-state index in [0.29, 0.717) is 38.1 Å². The van der Waals surface area contributed by atoms with Gasteiger partial charge in [-0.05, 0) is 64.0 Å². The maximum absolute atomic E-state index is 11.1. The average Bonchev–Trinajstić information content (AvgIpc) is 2.77. The van der Waals surface area contributed by atoms with Crippen molar-refractivity contribution < 1.29 is 14.9 Å². The Balaban J connectivity index is 1.94. The average molecular weight is 486 g/mol. The minimum atomic E-state index is -0.311. The summed E-state index contributed by atoms with van der Waals surface area (Å²) in [5, 5.41) is 22.5. The Morgan fingerprint density at radius 3 is 2.57 bits per heavy atom. The quantitative estimate of drug-likeness (QED) is 0.371. The van der Waals surface area contributed by atoms with Crippen LogP contribution in [0.5, 0.6) is 17.2 Å². The first kappa shape index (κ1) is 20.4. The van der Waals surface area contributed by atoms with Crippen LogP contribution in [0.4, 0.5) is 0 Å². The number of phenols is 2. The number of rotatable bonds is 5. The molecule has 0 spiro atoms. The first-order valence-electron chi connectivity index (χ1n) is 9.22. The number of halogens is 2. The molecule has 152 valence electrons. The zero-order valence-corrected chi connectivity index (χ0v) is 18.4. The fourth-order valence-corrected chi connectivity index (χ4v) is 4.29. The van der Waals surface area contributed by atoms with Crippen LogP contribution in [0.3, 0.4) is 0 Å². The Labute approximate surface area is 187 Å². The molecule has 2 aromatic carbocycles. The highest BCUT2D eigenvalue weighted by atomic mass is 79.9. The fraction of sp³-hybridized carbons (Fsp3) is 0.130. The van der Waals surface area contributed by atoms with Gasteiger partial charge in [0.2, 0.25) is 0 Å². The van der Waals surface area contributed by atoms with Crippen molar-refractivity contribution in [1.82, 2.24) is 9.97 Å². The second kappa shape index (κ2) is 8.50. The monoisotopic (exact) mass is 484 g/mol. The molecular weight excluding hydrogens is 468 g/mol. The molecule has 0 amide bonds. The highest BCUT2D eigenvalue weighted by Crippen LogP contribution is 2.44. The molecule has 1 atom stereocenters. The van der Waals surface area contributed by atoms with Gasteiger partial charge in [0.15, 0.2) is 11.5 Å². The van der Waals surface area contributed by atoms with E-state index in [2.05, 4.69) is 25.9 Å². The number of aromatic nitrogens is 2. The number of aromatic hydroxyl groups is 2. The lowest BCUT2D eigenvalue weighted by molar-refractivity contribution is 0.371. The van der Waals surface area contributed by atoms with Crippen LogP contribution in [-0.2, 0) is 6.42 Å². The van der Waals surface area contributed by atoms with Gasteiger partial charge in [0.05, 0.1) is 16.6 Å². The van der Waals surface area contributed by atoms with Gasteiger partial charge in [-0.15, -0.1) is 0 Å². The van der Waals surface area contributed by atoms with Crippen molar-refractivity contribution >= 4 is 38.4 Å². The predicted molar refractivity (Wildman–Crippen MR) is 121 cm³/mol. The third-order valence-electron chi connectivity index (χ3n) is 5.03. The normalized spacial score (nSPS) is 12.1. The highest BCUT2D eigenvalue weighted by molar-refractivity contribution is 9.10. The SMILES string of the molecule is COc1cc(C(Cc2ccccn2)c2cc(Cl)c3cccnc3c2O)cc(Br)c1O. The number of phenolic OH excluding ortho intramolecular Hbond substituents is 2. The fourth-order valence-electron chi connectivity index (χ4n) is 3.56. The third kappa shape index (κ3) is 3.80. The van der Waals surface area contributed by atoms with Crippen LogP contribution in [0.15, 0.2) is 65.4 Å². The number of benzene rings is 2. The summed E-state index contributed by atoms with van der Waals surface area (Å²) in [7, 11) is 1.49. The summed E-state index contributed by atoms with van der Waals surface area (Å²) in [6, 6.07) is 14.6. The van der Waals surface area contributed by atoms with Gasteiger partial charge in [0.1, 0.15) is 11.3 Å². The van der Waals surface area contributed by atoms with Gasteiger partial charge in [0.25, 0.3) is 0 Å². The zero-order chi connectivity index (χ0) is 21.3. The van der Waals surface area contributed by atoms with E-state index in [1.54, 1.807) is 36.7 Å². The number of hydrogen-bond acceptors (Lipinski definition) is 5. The molecule has 2 heterocycles. The maximum atomic E-state index is 11.1. The summed E-state index contributed by atoms with van der Waals surface area (Å²) in [6.45, 7) is 0. The van der Waals surface area contributed by atoms with Crippen LogP contribution in [0, 0.1) is 0 Å². The van der Waals surface area contributed by atoms with Gasteiger partial charge in [0, 0.05) is 41.4 Å². The minimum absolute atomic E-state index is 0.0141. The number of hydrogen-bond donors (Lipinski definition) is 2. The standard InChI is InChI=1S/C23H18BrClN2O3/c1-30-20-10-13(9-18(24)23(20)29)16(11-14-5-2-3-7-26-14)17-12-19(25)15-6-4-8-27-21(15)22(17)28/h2-10,12,16,28-29H,11H2,1H3. The van der Waals surface area contributed by atoms with Crippen LogP contribution in [0.1, 0.15) is 22.7 Å². The van der Waals surface area contributed by atoms with Gasteiger partial charge in [-0.2, -0.15) is 0 Å². The second-order valence-electron chi connectivity index (χ2n) is 6.83. The molecule has 0 aliphatic rings. The summed E-state index contributed by atoms with van der Waals surface area (Å²) in [5.41, 5.74) is 2.73. The molecule has 0 saturated heterocycles. The molecule has 4 rings (SSSR count). The number of fused-ring (bicyclic) bond motifs is 1. The van der Waals surface area contributed by atoms with E-state index in [1.165, 1.54) is 7.11 Å². The van der Waals surface area contributed by atoms with Crippen LogP contribution in [0.2, 0.25) is 5.02 Å². The molecule has 1 unspecified atom stereocenters. The first-order chi connectivity index (χ1) is 14.5. The van der Waals surface area contributed by atoms with Gasteiger partial charge < -0.3 is 14.9 Å². The van der Waals surface area contributed by atoms with E-state index in [0.717, 1.165) is 11.3 Å². The van der Waals surface area contributed by atoms with Crippen molar-refractivity contribution in [3.8, 4) is 17.2 Å². The van der Waals surface area contributed by atoms with E-state index in [1.807, 2.05) is 24.3 Å². The number of ether oxygens (including phenoxy) is 1. The van der Waals surface area contributed by atoms with Gasteiger partial charge in [-0.1, -0.05) is 17.7 Å². The second-order valence-corrected chi connectivity index (χ2v) is 8.09. The Hall–Kier alpha value is -2.83. The van der Waals surface area contributed by atoms with Gasteiger partial charge in [-0.25, -0.2) is 0 Å². The van der Waals surface area contributed by atoms with E-state index >= 15 is 0 Å². The molecule has 2 N–H and O–H groups in total. The summed E-state index contributed by atoms with van der Waals surface area (Å²) in [4.78, 5) is 8.77. The van der Waals surface area contributed by atoms with Gasteiger partial charge in [-0.3, -0.25) is 9.97 Å². The Kier molecular flexibility index (Phi) is 5.79. The number of nitrogens with zero attached hydrogens (tertiary/aromatic N) is 2. The molecule has 4 aromatic rings. The number of pyridine rings is 2. The molecule has 7 heteroatoms. The van der Waals surface area contributed by atoms with E-state index < -0.39 is 0 Å². The molecule has 0 aliphatic heterocycles. The van der Waals surface area contributed by atoms with Crippen molar-refractivity contribution in [3.63, 3.8) is 0 Å². The summed E-state index contributed by atoms with van der Waals surface area (Å²) < 4.78 is 5.82. The molecule has 0 bridgehead atoms. The lowest BCUT2D eigenvalue weighted by Crippen LogP contribution is -2.08. The van der Waals surface area contributed by atoms with Crippen molar-refractivity contribution in [3.05, 3.63) is 87.2 Å². The van der Waals surface area contributed by atoms with Crippen molar-refractivity contribution in [2.45, 2.75) is 12.3 Å². The lowest BCUT2D eigenvalue weighted by Gasteiger charge is -2.22. The van der Waals surface area contributed by atoms with E-state index in [4.69, 9.17) is 16.3 Å². The highest BCUT2D eigenvalue weighted by Gasteiger charge is 2.24. The predicted octanol–water partition coefficient (Wildman–Crippen LogP) is 5.84. The number of methoxy groups -OCH3 is 1. The minimum Gasteiger partial charge on any atom is -0.505 e. The van der Waals surface area contributed by atoms with Crippen molar-refractivity contribution in [1.29, 1.82) is 0 Å². The van der Waals surface area contributed by atoms with Crippen LogP contribution in [0.25, 0.3) is 10.9 Å². The van der Waals surface area contributed by atoms with Crippen LogP contribution in [-0.4, -0.2) is 27.3 Å². The Morgan fingerprint density at radius 2 is 1.83 bits per heavy atom. The van der Waals surface area contributed by atoms with Crippen LogP contribution >= 0.6 is 27.5 Å². The summed E-state index contributed by atoms with van der Waals surface area (Å²) >= 11 is 9.93. The third-order valence-corrected chi connectivity index (χ3v) is 5.95. The molecule has 2 aromatic heterocycles. The molecule has 0 fully saturated rings. The molecule has 5 nitrogen and oxygen atoms in total. The Morgan fingerprint density at radius 1 is 1.03 bits per heavy atom. The Bertz CT molecular complexity index is 1220. The maximum Gasteiger partial charge on any atom is 0.172 e. The lowest BCUT2D eigenvalue weighted by atomic mass is 9.86. The van der Waals surface area contributed by atoms with Crippen molar-refractivity contribution in [2.75, 3.05) is 7.11 Å². The first-order valence-corrected chi connectivity index (χ1v) is 10.4. The molecule has 0 saturated carbocycles. The van der Waals surface area contributed by atoms with Gasteiger partial charge >= 0.3 is 0 Å². The summed E-state index contributed by atoms with van der Waals surface area (Å²) in [5.74, 6) is 0.101. The van der Waals surface area contributed by atoms with E-state index in [-0.39, 0.29) is 17.4 Å². The molecule has 0 aliphatic carbocycles. The topological polar surface area (TPSA) is 75.5 Å². The smallest absolute Gasteiger partial charge is 0.172 e.